The third-order valence-corrected chi connectivity index (χ3v) is 6.14. The van der Waals surface area contributed by atoms with E-state index < -0.39 is 9.84 Å². The minimum absolute atomic E-state index is 0.128. The smallest absolute Gasteiger partial charge is 0.321 e. The lowest BCUT2D eigenvalue weighted by Crippen LogP contribution is -2.37. The molecule has 0 unspecified atom stereocenters. The van der Waals surface area contributed by atoms with E-state index in [1.807, 2.05) is 12.1 Å². The van der Waals surface area contributed by atoms with Crippen LogP contribution in [-0.4, -0.2) is 75.0 Å². The minimum Gasteiger partial charge on any atom is -0.378 e. The zero-order valence-electron chi connectivity index (χ0n) is 17.7. The van der Waals surface area contributed by atoms with Crippen LogP contribution in [0, 0.1) is 0 Å². The molecule has 1 N–H and O–H groups in total. The van der Waals surface area contributed by atoms with Gasteiger partial charge < -0.3 is 19.9 Å². The zero-order chi connectivity index (χ0) is 22.0. The Balaban J connectivity index is 1.57. The molecule has 2 aliphatic rings. The number of carbonyl (C=O) groups is 1. The van der Waals surface area contributed by atoms with Crippen molar-refractivity contribution in [2.75, 3.05) is 49.8 Å². The number of amides is 2. The molecule has 2 fully saturated rings. The molecular formula is C21H27N5O4S. The number of rotatable bonds is 6. The second-order valence-electron chi connectivity index (χ2n) is 8.06. The number of hydrogen-bond acceptors (Lipinski definition) is 7. The van der Waals surface area contributed by atoms with Crippen LogP contribution >= 0.6 is 0 Å². The van der Waals surface area contributed by atoms with E-state index in [1.165, 1.54) is 6.26 Å². The quantitative estimate of drug-likeness (QED) is 0.726. The fraction of sp³-hybridized carbons (Fsp3) is 0.476. The van der Waals surface area contributed by atoms with Gasteiger partial charge in [-0.05, 0) is 37.1 Å². The van der Waals surface area contributed by atoms with Gasteiger partial charge in [-0.2, -0.15) is 0 Å². The van der Waals surface area contributed by atoms with Gasteiger partial charge >= 0.3 is 6.03 Å². The van der Waals surface area contributed by atoms with E-state index >= 15 is 0 Å². The van der Waals surface area contributed by atoms with Crippen molar-refractivity contribution in [3.05, 3.63) is 36.0 Å². The van der Waals surface area contributed by atoms with E-state index in [2.05, 4.69) is 20.2 Å². The number of nitrogens with zero attached hydrogens (tertiary/aromatic N) is 4. The summed E-state index contributed by atoms with van der Waals surface area (Å²) in [5.41, 5.74) is 1.89. The molecule has 0 bridgehead atoms. The molecule has 1 saturated carbocycles. The predicted molar refractivity (Wildman–Crippen MR) is 119 cm³/mol. The molecule has 2 amide bonds. The molecule has 1 aliphatic carbocycles. The molecule has 31 heavy (non-hydrogen) atoms. The maximum Gasteiger partial charge on any atom is 0.321 e. The fourth-order valence-electron chi connectivity index (χ4n) is 3.45. The Morgan fingerprint density at radius 2 is 1.87 bits per heavy atom. The largest absolute Gasteiger partial charge is 0.378 e. The number of aromatic nitrogens is 2. The lowest BCUT2D eigenvalue weighted by atomic mass is 10.2. The molecule has 9 nitrogen and oxygen atoms in total. The van der Waals surface area contributed by atoms with E-state index in [1.54, 1.807) is 30.1 Å². The van der Waals surface area contributed by atoms with Gasteiger partial charge in [0.25, 0.3) is 0 Å². The molecule has 0 atom stereocenters. The summed E-state index contributed by atoms with van der Waals surface area (Å²) in [6.07, 6.45) is 3.30. The van der Waals surface area contributed by atoms with Crippen molar-refractivity contribution >= 4 is 27.4 Å². The summed E-state index contributed by atoms with van der Waals surface area (Å²) in [5.74, 6) is 0.993. The second kappa shape index (κ2) is 8.80. The molecule has 0 radical (unpaired) electrons. The number of sulfone groups is 1. The van der Waals surface area contributed by atoms with Gasteiger partial charge in [0, 0.05) is 49.8 Å². The number of carbonyl (C=O) groups excluding carboxylic acids is 1. The van der Waals surface area contributed by atoms with E-state index in [0.29, 0.717) is 55.4 Å². The van der Waals surface area contributed by atoms with Crippen molar-refractivity contribution in [3.63, 3.8) is 0 Å². The van der Waals surface area contributed by atoms with Crippen LogP contribution in [0.25, 0.3) is 11.4 Å². The Labute approximate surface area is 182 Å². The van der Waals surface area contributed by atoms with Crippen LogP contribution in [0.2, 0.25) is 0 Å². The average Bonchev–Trinajstić information content (AvgIpc) is 3.58. The first-order valence-corrected chi connectivity index (χ1v) is 12.4. The first-order chi connectivity index (χ1) is 14.8. The number of urea groups is 1. The van der Waals surface area contributed by atoms with Crippen LogP contribution in [-0.2, 0) is 20.3 Å². The first kappa shape index (κ1) is 21.5. The highest BCUT2D eigenvalue weighted by molar-refractivity contribution is 7.89. The Bertz CT molecular complexity index is 1050. The molecule has 10 heteroatoms. The molecule has 2 aromatic rings. The summed E-state index contributed by atoms with van der Waals surface area (Å²) in [4.78, 5) is 25.2. The normalized spacial score (nSPS) is 16.8. The van der Waals surface area contributed by atoms with Crippen molar-refractivity contribution in [1.29, 1.82) is 0 Å². The minimum atomic E-state index is -3.24. The summed E-state index contributed by atoms with van der Waals surface area (Å²) in [5, 5.41) is 2.89. The van der Waals surface area contributed by atoms with E-state index in [0.717, 1.165) is 18.4 Å². The van der Waals surface area contributed by atoms with Crippen LogP contribution in [0.15, 0.2) is 30.3 Å². The highest BCUT2D eigenvalue weighted by atomic mass is 32.2. The van der Waals surface area contributed by atoms with E-state index in [9.17, 15) is 13.2 Å². The predicted octanol–water partition coefficient (Wildman–Crippen LogP) is 2.15. The Hall–Kier alpha value is -2.72. The molecule has 166 valence electrons. The number of ether oxygens (including phenoxy) is 1. The van der Waals surface area contributed by atoms with Crippen LogP contribution in [0.4, 0.5) is 16.3 Å². The van der Waals surface area contributed by atoms with Gasteiger partial charge in [-0.1, -0.05) is 0 Å². The van der Waals surface area contributed by atoms with Crippen LogP contribution in [0.5, 0.6) is 0 Å². The topological polar surface area (TPSA) is 105 Å². The van der Waals surface area contributed by atoms with Crippen molar-refractivity contribution in [3.8, 4) is 11.4 Å². The Kier molecular flexibility index (Phi) is 6.10. The SMILES string of the molecule is CN(C(=O)Nc1ccc(-c2nc(CS(C)(=O)=O)cc(N3CCOCC3)n2)cc1)C1CC1. The highest BCUT2D eigenvalue weighted by Gasteiger charge is 2.29. The van der Waals surface area contributed by atoms with Gasteiger partial charge in [-0.15, -0.1) is 0 Å². The van der Waals surface area contributed by atoms with E-state index in [-0.39, 0.29) is 11.8 Å². The van der Waals surface area contributed by atoms with Gasteiger partial charge in [-0.25, -0.2) is 23.2 Å². The Morgan fingerprint density at radius 3 is 2.48 bits per heavy atom. The summed E-state index contributed by atoms with van der Waals surface area (Å²) in [6.45, 7) is 2.58. The summed E-state index contributed by atoms with van der Waals surface area (Å²) < 4.78 is 29.1. The monoisotopic (exact) mass is 445 g/mol. The van der Waals surface area contributed by atoms with Crippen molar-refractivity contribution in [2.45, 2.75) is 24.6 Å². The summed E-state index contributed by atoms with van der Waals surface area (Å²) >= 11 is 0. The van der Waals surface area contributed by atoms with Crippen LogP contribution in [0.3, 0.4) is 0 Å². The average molecular weight is 446 g/mol. The van der Waals surface area contributed by atoms with Crippen molar-refractivity contribution < 1.29 is 17.9 Å². The third-order valence-electron chi connectivity index (χ3n) is 5.32. The molecule has 1 aromatic heterocycles. The van der Waals surface area contributed by atoms with Crippen molar-refractivity contribution in [2.24, 2.45) is 0 Å². The highest BCUT2D eigenvalue weighted by Crippen LogP contribution is 2.27. The number of morpholine rings is 1. The van der Waals surface area contributed by atoms with Gasteiger partial charge in [-0.3, -0.25) is 0 Å². The fourth-order valence-corrected chi connectivity index (χ4v) is 4.14. The number of nitrogens with one attached hydrogen (secondary N) is 1. The van der Waals surface area contributed by atoms with Gasteiger partial charge in [0.15, 0.2) is 15.7 Å². The Morgan fingerprint density at radius 1 is 1.19 bits per heavy atom. The third kappa shape index (κ3) is 5.71. The molecule has 0 spiro atoms. The number of anilines is 2. The van der Waals surface area contributed by atoms with Crippen molar-refractivity contribution in [1.82, 2.24) is 14.9 Å². The molecule has 2 heterocycles. The van der Waals surface area contributed by atoms with Crippen LogP contribution in [0.1, 0.15) is 18.5 Å². The second-order valence-corrected chi connectivity index (χ2v) is 10.2. The maximum absolute atomic E-state index is 12.3. The lowest BCUT2D eigenvalue weighted by molar-refractivity contribution is 0.122. The summed E-state index contributed by atoms with van der Waals surface area (Å²) in [7, 11) is -1.44. The van der Waals surface area contributed by atoms with Crippen LogP contribution < -0.4 is 10.2 Å². The molecule has 1 aliphatic heterocycles. The van der Waals surface area contributed by atoms with E-state index in [4.69, 9.17) is 4.74 Å². The van der Waals surface area contributed by atoms with Gasteiger partial charge in [0.05, 0.1) is 24.7 Å². The number of benzene rings is 1. The number of hydrogen-bond donors (Lipinski definition) is 1. The van der Waals surface area contributed by atoms with Gasteiger partial charge in [0.2, 0.25) is 0 Å². The van der Waals surface area contributed by atoms with Gasteiger partial charge in [0.1, 0.15) is 5.82 Å². The standard InChI is InChI=1S/C21H27N5O4S/c1-25(18-7-8-18)21(27)23-16-5-3-15(4-6-16)20-22-17(14-31(2,28)29)13-19(24-20)26-9-11-30-12-10-26/h3-6,13,18H,7-12,14H2,1-2H3,(H,23,27). The molecule has 1 saturated heterocycles. The maximum atomic E-state index is 12.3. The zero-order valence-corrected chi connectivity index (χ0v) is 18.6. The molecule has 4 rings (SSSR count). The first-order valence-electron chi connectivity index (χ1n) is 10.3. The summed E-state index contributed by atoms with van der Waals surface area (Å²) in [6, 6.07) is 9.20. The molecular weight excluding hydrogens is 418 g/mol. The lowest BCUT2D eigenvalue weighted by Gasteiger charge is -2.28. The molecule has 1 aromatic carbocycles.